The molecule has 0 aliphatic carbocycles. The third-order valence-electron chi connectivity index (χ3n) is 3.46. The summed E-state index contributed by atoms with van der Waals surface area (Å²) in [5, 5.41) is 3.14. The highest BCUT2D eigenvalue weighted by Crippen LogP contribution is 2.25. The van der Waals surface area contributed by atoms with E-state index in [-0.39, 0.29) is 6.04 Å². The average Bonchev–Trinajstić information content (AvgIpc) is 2.47. The molecule has 1 nitrogen and oxygen atoms in total. The highest BCUT2D eigenvalue weighted by Gasteiger charge is 2.12. The van der Waals surface area contributed by atoms with Crippen molar-refractivity contribution in [3.8, 4) is 0 Å². The molecule has 0 saturated heterocycles. The zero-order valence-electron chi connectivity index (χ0n) is 11.8. The third kappa shape index (κ3) is 3.35. The van der Waals surface area contributed by atoms with E-state index in [9.17, 15) is 8.78 Å². The number of hydrogen-bond donors (Lipinski definition) is 1. The maximum absolute atomic E-state index is 13.7. The Morgan fingerprint density at radius 1 is 1.00 bits per heavy atom. The van der Waals surface area contributed by atoms with Crippen molar-refractivity contribution < 1.29 is 8.78 Å². The van der Waals surface area contributed by atoms with Crippen molar-refractivity contribution in [3.05, 3.63) is 65.2 Å². The summed E-state index contributed by atoms with van der Waals surface area (Å²) in [5.74, 6) is -1.12. The van der Waals surface area contributed by atoms with E-state index in [2.05, 4.69) is 36.5 Å². The van der Waals surface area contributed by atoms with Crippen molar-refractivity contribution in [1.29, 1.82) is 0 Å². The number of benzene rings is 2. The van der Waals surface area contributed by atoms with E-state index in [1.54, 1.807) is 0 Å². The van der Waals surface area contributed by atoms with Gasteiger partial charge in [0.05, 0.1) is 11.7 Å². The Morgan fingerprint density at radius 2 is 1.70 bits per heavy atom. The van der Waals surface area contributed by atoms with Gasteiger partial charge in [-0.2, -0.15) is 0 Å². The van der Waals surface area contributed by atoms with Gasteiger partial charge < -0.3 is 5.32 Å². The molecule has 0 aliphatic rings. The molecular weight excluding hydrogens is 256 g/mol. The summed E-state index contributed by atoms with van der Waals surface area (Å²) in [7, 11) is 0. The summed E-state index contributed by atoms with van der Waals surface area (Å²) in [4.78, 5) is 0. The largest absolute Gasteiger partial charge is 0.376 e. The number of hydrogen-bond acceptors (Lipinski definition) is 1. The van der Waals surface area contributed by atoms with Crippen LogP contribution in [0.15, 0.2) is 42.5 Å². The lowest BCUT2D eigenvalue weighted by molar-refractivity contribution is 0.582. The minimum absolute atomic E-state index is 0.0147. The first kappa shape index (κ1) is 14.5. The number of halogens is 2. The fourth-order valence-corrected chi connectivity index (χ4v) is 2.20. The van der Waals surface area contributed by atoms with Crippen molar-refractivity contribution in [1.82, 2.24) is 0 Å². The highest BCUT2D eigenvalue weighted by atomic mass is 19.1. The summed E-state index contributed by atoms with van der Waals surface area (Å²) < 4.78 is 26.6. The van der Waals surface area contributed by atoms with Gasteiger partial charge in [0.15, 0.2) is 0 Å². The van der Waals surface area contributed by atoms with Gasteiger partial charge in [-0.05, 0) is 36.1 Å². The summed E-state index contributed by atoms with van der Waals surface area (Å²) >= 11 is 0. The number of anilines is 1. The van der Waals surface area contributed by atoms with E-state index in [1.807, 2.05) is 6.92 Å². The maximum Gasteiger partial charge on any atom is 0.149 e. The second-order valence-corrected chi connectivity index (χ2v) is 4.82. The minimum Gasteiger partial charge on any atom is -0.376 e. The quantitative estimate of drug-likeness (QED) is 0.801. The van der Waals surface area contributed by atoms with Gasteiger partial charge in [-0.25, -0.2) is 8.78 Å². The first-order chi connectivity index (χ1) is 9.63. The molecule has 2 aromatic rings. The van der Waals surface area contributed by atoms with Crippen LogP contribution >= 0.6 is 0 Å². The Balaban J connectivity index is 2.19. The molecule has 0 aliphatic heterocycles. The topological polar surface area (TPSA) is 12.0 Å². The van der Waals surface area contributed by atoms with Crippen LogP contribution in [-0.4, -0.2) is 0 Å². The Morgan fingerprint density at radius 3 is 2.25 bits per heavy atom. The van der Waals surface area contributed by atoms with Crippen LogP contribution in [0.25, 0.3) is 0 Å². The second kappa shape index (κ2) is 6.51. The average molecular weight is 275 g/mol. The van der Waals surface area contributed by atoms with Gasteiger partial charge in [0, 0.05) is 6.07 Å². The van der Waals surface area contributed by atoms with E-state index >= 15 is 0 Å². The maximum atomic E-state index is 13.7. The standard InChI is InChI=1S/C17H19F2N/c1-3-12-5-7-13(8-6-12)16(4-2)20-17-10-9-14(18)11-15(17)19/h5-11,16,20H,3-4H2,1-2H3. The summed E-state index contributed by atoms with van der Waals surface area (Å²) in [6.07, 6.45) is 1.82. The molecule has 2 aromatic carbocycles. The first-order valence-electron chi connectivity index (χ1n) is 6.94. The molecule has 1 atom stereocenters. The Kier molecular flexibility index (Phi) is 4.72. The lowest BCUT2D eigenvalue weighted by Gasteiger charge is -2.19. The molecule has 0 radical (unpaired) electrons. The summed E-state index contributed by atoms with van der Waals surface area (Å²) in [6, 6.07) is 11.9. The lowest BCUT2D eigenvalue weighted by Crippen LogP contribution is -2.11. The van der Waals surface area contributed by atoms with Crippen LogP contribution in [-0.2, 0) is 6.42 Å². The van der Waals surface area contributed by atoms with Crippen molar-refractivity contribution >= 4 is 5.69 Å². The van der Waals surface area contributed by atoms with E-state index in [0.717, 1.165) is 24.5 Å². The summed E-state index contributed by atoms with van der Waals surface area (Å²) in [5.41, 5.74) is 2.71. The zero-order chi connectivity index (χ0) is 14.5. The Bertz CT molecular complexity index is 564. The van der Waals surface area contributed by atoms with Gasteiger partial charge in [0.1, 0.15) is 11.6 Å². The molecule has 3 heteroatoms. The van der Waals surface area contributed by atoms with Crippen LogP contribution < -0.4 is 5.32 Å². The van der Waals surface area contributed by atoms with Gasteiger partial charge in [-0.3, -0.25) is 0 Å². The first-order valence-corrected chi connectivity index (χ1v) is 6.94. The number of rotatable bonds is 5. The van der Waals surface area contributed by atoms with Crippen molar-refractivity contribution in [2.75, 3.05) is 5.32 Å². The molecule has 0 spiro atoms. The molecule has 0 aromatic heterocycles. The van der Waals surface area contributed by atoms with Crippen LogP contribution in [0.4, 0.5) is 14.5 Å². The summed E-state index contributed by atoms with van der Waals surface area (Å²) in [6.45, 7) is 4.14. The monoisotopic (exact) mass is 275 g/mol. The van der Waals surface area contributed by atoms with Crippen molar-refractivity contribution in [3.63, 3.8) is 0 Å². The molecule has 2 rings (SSSR count). The van der Waals surface area contributed by atoms with Gasteiger partial charge >= 0.3 is 0 Å². The molecule has 0 bridgehead atoms. The van der Waals surface area contributed by atoms with Crippen LogP contribution in [0.5, 0.6) is 0 Å². The molecule has 1 unspecified atom stereocenters. The molecule has 1 N–H and O–H groups in total. The fraction of sp³-hybridized carbons (Fsp3) is 0.294. The van der Waals surface area contributed by atoms with Gasteiger partial charge in [0.2, 0.25) is 0 Å². The molecule has 0 fully saturated rings. The molecule has 0 amide bonds. The van der Waals surface area contributed by atoms with E-state index < -0.39 is 11.6 Å². The SMILES string of the molecule is CCc1ccc(C(CC)Nc2ccc(F)cc2F)cc1. The second-order valence-electron chi connectivity index (χ2n) is 4.82. The van der Waals surface area contributed by atoms with Crippen molar-refractivity contribution in [2.24, 2.45) is 0 Å². The molecule has 0 saturated carbocycles. The van der Waals surface area contributed by atoms with Crippen LogP contribution in [0.1, 0.15) is 37.4 Å². The highest BCUT2D eigenvalue weighted by molar-refractivity contribution is 5.47. The van der Waals surface area contributed by atoms with E-state index in [4.69, 9.17) is 0 Å². The molecule has 0 heterocycles. The molecule has 106 valence electrons. The Hall–Kier alpha value is -1.90. The van der Waals surface area contributed by atoms with E-state index in [1.165, 1.54) is 17.7 Å². The fourth-order valence-electron chi connectivity index (χ4n) is 2.20. The predicted molar refractivity (Wildman–Crippen MR) is 78.8 cm³/mol. The van der Waals surface area contributed by atoms with Crippen LogP contribution in [0, 0.1) is 11.6 Å². The van der Waals surface area contributed by atoms with Gasteiger partial charge in [0.25, 0.3) is 0 Å². The van der Waals surface area contributed by atoms with Crippen molar-refractivity contribution in [2.45, 2.75) is 32.7 Å². The smallest absolute Gasteiger partial charge is 0.149 e. The van der Waals surface area contributed by atoms with E-state index in [0.29, 0.717) is 5.69 Å². The minimum atomic E-state index is -0.562. The van der Waals surface area contributed by atoms with Gasteiger partial charge in [-0.1, -0.05) is 38.1 Å². The van der Waals surface area contributed by atoms with Crippen LogP contribution in [0.3, 0.4) is 0 Å². The number of aryl methyl sites for hydroxylation is 1. The lowest BCUT2D eigenvalue weighted by atomic mass is 10.0. The van der Waals surface area contributed by atoms with Crippen LogP contribution in [0.2, 0.25) is 0 Å². The number of nitrogens with one attached hydrogen (secondary N) is 1. The Labute approximate surface area is 118 Å². The van der Waals surface area contributed by atoms with Gasteiger partial charge in [-0.15, -0.1) is 0 Å². The third-order valence-corrected chi connectivity index (χ3v) is 3.46. The molecule has 20 heavy (non-hydrogen) atoms. The normalized spacial score (nSPS) is 12.2. The zero-order valence-corrected chi connectivity index (χ0v) is 11.8. The predicted octanol–water partition coefficient (Wildman–Crippen LogP) is 5.09. The molecular formula is C17H19F2N.